The van der Waals surface area contributed by atoms with Gasteiger partial charge in [0.2, 0.25) is 11.8 Å². The molecule has 1 N–H and O–H groups in total. The number of anilines is 1. The van der Waals surface area contributed by atoms with Gasteiger partial charge in [0.1, 0.15) is 17.0 Å². The Morgan fingerprint density at radius 3 is 2.45 bits per heavy atom. The molecular weight excluding hydrogens is 368 g/mol. The Balaban J connectivity index is 1.34. The summed E-state index contributed by atoms with van der Waals surface area (Å²) in [6.07, 6.45) is 3.01. The van der Waals surface area contributed by atoms with Gasteiger partial charge in [-0.1, -0.05) is 24.3 Å². The highest BCUT2D eigenvalue weighted by Crippen LogP contribution is 2.47. The number of methoxy groups -OCH3 is 1. The van der Waals surface area contributed by atoms with Crippen LogP contribution in [0.3, 0.4) is 0 Å². The van der Waals surface area contributed by atoms with Crippen molar-refractivity contribution in [1.29, 1.82) is 0 Å². The fraction of sp³-hybridized carbons (Fsp3) is 0.409. The maximum Gasteiger partial charge on any atom is 0.238 e. The van der Waals surface area contributed by atoms with Gasteiger partial charge in [0.15, 0.2) is 0 Å². The molecule has 7 heteroatoms. The van der Waals surface area contributed by atoms with Gasteiger partial charge in [-0.3, -0.25) is 9.59 Å². The Morgan fingerprint density at radius 1 is 1.07 bits per heavy atom. The Labute approximate surface area is 170 Å². The van der Waals surface area contributed by atoms with Crippen molar-refractivity contribution in [2.75, 3.05) is 38.2 Å². The number of carbonyl (C=O) groups is 2. The van der Waals surface area contributed by atoms with E-state index in [4.69, 9.17) is 4.74 Å². The molecule has 4 rings (SSSR count). The fourth-order valence-corrected chi connectivity index (χ4v) is 3.84. The molecule has 1 saturated heterocycles. The van der Waals surface area contributed by atoms with Crippen LogP contribution in [-0.4, -0.2) is 55.0 Å². The smallest absolute Gasteiger partial charge is 0.238 e. The Morgan fingerprint density at radius 2 is 1.79 bits per heavy atom. The highest BCUT2D eigenvalue weighted by Gasteiger charge is 2.58. The van der Waals surface area contributed by atoms with Crippen molar-refractivity contribution in [3.8, 4) is 5.75 Å². The van der Waals surface area contributed by atoms with Crippen LogP contribution in [0, 0.1) is 5.41 Å². The van der Waals surface area contributed by atoms with E-state index >= 15 is 0 Å². The predicted octanol–water partition coefficient (Wildman–Crippen LogP) is 1.84. The van der Waals surface area contributed by atoms with Crippen LogP contribution in [0.1, 0.15) is 18.4 Å². The molecular formula is C22H26N4O3. The van der Waals surface area contributed by atoms with Crippen LogP contribution in [0.25, 0.3) is 0 Å². The number of piperazine rings is 1. The van der Waals surface area contributed by atoms with E-state index in [9.17, 15) is 9.59 Å². The van der Waals surface area contributed by atoms with Gasteiger partial charge in [0, 0.05) is 44.5 Å². The van der Waals surface area contributed by atoms with E-state index in [0.29, 0.717) is 32.5 Å². The number of ether oxygens (including phenoxy) is 1. The van der Waals surface area contributed by atoms with E-state index in [1.54, 1.807) is 13.3 Å². The van der Waals surface area contributed by atoms with Gasteiger partial charge in [-0.05, 0) is 31.0 Å². The Kier molecular flexibility index (Phi) is 5.38. The summed E-state index contributed by atoms with van der Waals surface area (Å²) in [5.74, 6) is 1.43. The zero-order valence-corrected chi connectivity index (χ0v) is 16.6. The van der Waals surface area contributed by atoms with Crippen molar-refractivity contribution in [2.45, 2.75) is 19.4 Å². The van der Waals surface area contributed by atoms with E-state index in [2.05, 4.69) is 15.2 Å². The second kappa shape index (κ2) is 8.11. The minimum Gasteiger partial charge on any atom is -0.496 e. The summed E-state index contributed by atoms with van der Waals surface area (Å²) in [6.45, 7) is 3.02. The lowest BCUT2D eigenvalue weighted by molar-refractivity contribution is -0.144. The van der Waals surface area contributed by atoms with Crippen molar-refractivity contribution < 1.29 is 14.3 Å². The van der Waals surface area contributed by atoms with Gasteiger partial charge in [-0.15, -0.1) is 0 Å². The molecule has 2 amide bonds. The van der Waals surface area contributed by atoms with E-state index < -0.39 is 5.41 Å². The number of pyridine rings is 1. The van der Waals surface area contributed by atoms with E-state index in [1.165, 1.54) is 0 Å². The van der Waals surface area contributed by atoms with Crippen LogP contribution in [0.4, 0.5) is 5.82 Å². The average molecular weight is 394 g/mol. The first kappa shape index (κ1) is 19.2. The number of hydrogen-bond acceptors (Lipinski definition) is 5. The number of benzene rings is 1. The molecule has 0 radical (unpaired) electrons. The molecule has 152 valence electrons. The first-order valence-electron chi connectivity index (χ1n) is 9.99. The highest BCUT2D eigenvalue weighted by molar-refractivity contribution is 6.07. The molecule has 1 saturated carbocycles. The first-order chi connectivity index (χ1) is 14.1. The van der Waals surface area contributed by atoms with E-state index in [1.807, 2.05) is 47.4 Å². The molecule has 2 heterocycles. The molecule has 1 aromatic heterocycles. The van der Waals surface area contributed by atoms with Crippen molar-refractivity contribution in [3.05, 3.63) is 54.2 Å². The van der Waals surface area contributed by atoms with Gasteiger partial charge in [-0.2, -0.15) is 0 Å². The topological polar surface area (TPSA) is 74.8 Å². The molecule has 29 heavy (non-hydrogen) atoms. The van der Waals surface area contributed by atoms with E-state index in [0.717, 1.165) is 30.2 Å². The third kappa shape index (κ3) is 3.90. The summed E-state index contributed by atoms with van der Waals surface area (Å²) in [4.78, 5) is 34.3. The van der Waals surface area contributed by atoms with Gasteiger partial charge >= 0.3 is 0 Å². The lowest BCUT2D eigenvalue weighted by Crippen LogP contribution is -2.53. The molecule has 7 nitrogen and oxygen atoms in total. The van der Waals surface area contributed by atoms with Crippen LogP contribution < -0.4 is 15.0 Å². The zero-order chi connectivity index (χ0) is 20.3. The van der Waals surface area contributed by atoms with Crippen LogP contribution in [-0.2, 0) is 16.1 Å². The quantitative estimate of drug-likeness (QED) is 0.757. The number of rotatable bonds is 6. The molecule has 0 spiro atoms. The second-order valence-electron chi connectivity index (χ2n) is 7.54. The lowest BCUT2D eigenvalue weighted by atomic mass is 10.0. The monoisotopic (exact) mass is 394 g/mol. The third-order valence-corrected chi connectivity index (χ3v) is 5.77. The summed E-state index contributed by atoms with van der Waals surface area (Å²) in [5.41, 5.74) is 0.00501. The van der Waals surface area contributed by atoms with Crippen molar-refractivity contribution in [2.24, 2.45) is 5.41 Å². The van der Waals surface area contributed by atoms with Crippen LogP contribution in [0.15, 0.2) is 48.7 Å². The first-order valence-corrected chi connectivity index (χ1v) is 9.99. The molecule has 0 unspecified atom stereocenters. The Bertz CT molecular complexity index is 875. The van der Waals surface area contributed by atoms with Crippen molar-refractivity contribution in [3.63, 3.8) is 0 Å². The zero-order valence-electron chi connectivity index (χ0n) is 16.6. The highest BCUT2D eigenvalue weighted by atomic mass is 16.5. The summed E-state index contributed by atoms with van der Waals surface area (Å²) < 4.78 is 5.33. The molecule has 1 aliphatic carbocycles. The molecule has 1 aromatic carbocycles. The molecule has 2 aromatic rings. The van der Waals surface area contributed by atoms with Crippen molar-refractivity contribution in [1.82, 2.24) is 15.2 Å². The van der Waals surface area contributed by atoms with Gasteiger partial charge in [-0.25, -0.2) is 4.98 Å². The van der Waals surface area contributed by atoms with Crippen LogP contribution in [0.5, 0.6) is 5.75 Å². The van der Waals surface area contributed by atoms with Gasteiger partial charge in [0.05, 0.1) is 7.11 Å². The Hall–Kier alpha value is -3.09. The lowest BCUT2D eigenvalue weighted by Gasteiger charge is -2.36. The summed E-state index contributed by atoms with van der Waals surface area (Å²) >= 11 is 0. The number of nitrogens with zero attached hydrogens (tertiary/aromatic N) is 3. The van der Waals surface area contributed by atoms with Crippen LogP contribution in [0.2, 0.25) is 0 Å². The molecule has 0 atom stereocenters. The number of para-hydroxylation sites is 1. The normalized spacial score (nSPS) is 17.6. The molecule has 1 aliphatic heterocycles. The summed E-state index contributed by atoms with van der Waals surface area (Å²) in [7, 11) is 1.61. The largest absolute Gasteiger partial charge is 0.496 e. The van der Waals surface area contributed by atoms with E-state index in [-0.39, 0.29) is 11.8 Å². The van der Waals surface area contributed by atoms with Gasteiger partial charge < -0.3 is 19.9 Å². The fourth-order valence-electron chi connectivity index (χ4n) is 3.84. The van der Waals surface area contributed by atoms with Gasteiger partial charge in [0.25, 0.3) is 0 Å². The standard InChI is InChI=1S/C22H26N4O3/c1-29-18-7-3-2-6-17(18)16-24-20(27)22(9-10-22)21(28)26-14-12-25(13-15-26)19-8-4-5-11-23-19/h2-8,11H,9-10,12-16H2,1H3,(H,24,27). The minimum absolute atomic E-state index is 0.0457. The summed E-state index contributed by atoms with van der Waals surface area (Å²) in [5, 5.41) is 2.94. The van der Waals surface area contributed by atoms with Crippen molar-refractivity contribution >= 4 is 17.6 Å². The average Bonchev–Trinajstić information content (AvgIpc) is 3.60. The maximum atomic E-state index is 13.1. The number of amides is 2. The maximum absolute atomic E-state index is 13.1. The number of hydrogen-bond donors (Lipinski definition) is 1. The second-order valence-corrected chi connectivity index (χ2v) is 7.54. The molecule has 0 bridgehead atoms. The number of aromatic nitrogens is 1. The SMILES string of the molecule is COc1ccccc1CNC(=O)C1(C(=O)N2CCN(c3ccccn3)CC2)CC1. The summed E-state index contributed by atoms with van der Waals surface area (Å²) in [6, 6.07) is 13.4. The molecule has 2 fully saturated rings. The predicted molar refractivity (Wildman–Crippen MR) is 110 cm³/mol. The molecule has 2 aliphatic rings. The number of nitrogens with one attached hydrogen (secondary N) is 1. The third-order valence-electron chi connectivity index (χ3n) is 5.77. The number of carbonyl (C=O) groups excluding carboxylic acids is 2. The van der Waals surface area contributed by atoms with Crippen LogP contribution >= 0.6 is 0 Å². The minimum atomic E-state index is -0.894.